The number of urea groups is 1. The van der Waals surface area contributed by atoms with E-state index in [1.54, 1.807) is 35.9 Å². The maximum absolute atomic E-state index is 14.0. The minimum absolute atomic E-state index is 0.133. The van der Waals surface area contributed by atoms with Crippen molar-refractivity contribution in [1.82, 2.24) is 19.9 Å². The van der Waals surface area contributed by atoms with Crippen LogP contribution in [0.1, 0.15) is 81.7 Å². The molecule has 0 spiro atoms. The number of rotatable bonds is 7. The largest absolute Gasteiger partial charge is 0.333 e. The molecule has 2 N–H and O–H groups in total. The highest BCUT2D eigenvalue weighted by Gasteiger charge is 2.46. The number of nitrogens with two attached hydrogens (primary N) is 1. The summed E-state index contributed by atoms with van der Waals surface area (Å²) in [7, 11) is 1.50. The number of fused-ring (bicyclic) bond motifs is 1. The molecule has 0 bridgehead atoms. The van der Waals surface area contributed by atoms with Gasteiger partial charge in [0.1, 0.15) is 15.5 Å². The molecular weight excluding hydrogens is 580 g/mol. The lowest BCUT2D eigenvalue weighted by molar-refractivity contribution is -0.124. The first-order chi connectivity index (χ1) is 20.2. The number of aromatic nitrogens is 3. The van der Waals surface area contributed by atoms with Gasteiger partial charge in [-0.2, -0.15) is 10.2 Å². The highest BCUT2D eigenvalue weighted by atomic mass is 35.5. The standard InChI is InChI=1S/C26H30ClN5O2S.C4H10.C2H4.CH5N/c1-8-19-10-9-15(2)13-20(19)21(27)14-30-24-22(16(3)23(35-24)32-28-11-12-29-32)17(4)31(25(30)34)26(6,7)18(5)33;1-4(2)3;2*1-2/h9-13,21H,4,8,14H2,1-3,5-7H3;4H,1-3H3;1-2H2;2H2,1H3/t21-;;;/m0.../s1. The van der Waals surface area contributed by atoms with E-state index in [0.717, 1.165) is 50.2 Å². The molecule has 4 rings (SSSR count). The van der Waals surface area contributed by atoms with Crippen molar-refractivity contribution >= 4 is 45.5 Å². The van der Waals surface area contributed by atoms with Crippen LogP contribution in [-0.4, -0.2) is 50.8 Å². The number of thiophene rings is 1. The van der Waals surface area contributed by atoms with Crippen molar-refractivity contribution in [3.05, 3.63) is 78.1 Å². The van der Waals surface area contributed by atoms with Crippen molar-refractivity contribution in [2.45, 2.75) is 79.7 Å². The molecule has 3 heterocycles. The lowest BCUT2D eigenvalue weighted by atomic mass is 9.94. The van der Waals surface area contributed by atoms with Crippen LogP contribution < -0.4 is 10.6 Å². The van der Waals surface area contributed by atoms with Gasteiger partial charge >= 0.3 is 6.03 Å². The van der Waals surface area contributed by atoms with Gasteiger partial charge in [-0.25, -0.2) is 4.79 Å². The van der Waals surface area contributed by atoms with Crippen LogP contribution in [0.15, 0.2) is 50.3 Å². The zero-order chi connectivity index (χ0) is 33.2. The van der Waals surface area contributed by atoms with Crippen molar-refractivity contribution in [1.29, 1.82) is 0 Å². The van der Waals surface area contributed by atoms with Gasteiger partial charge in [-0.05, 0) is 70.7 Å². The van der Waals surface area contributed by atoms with Gasteiger partial charge in [-0.15, -0.1) is 29.6 Å². The molecular formula is C33H49ClN6O2S. The molecule has 2 aromatic heterocycles. The molecule has 0 aliphatic carbocycles. The van der Waals surface area contributed by atoms with Crippen LogP contribution in [0.2, 0.25) is 0 Å². The second-order valence-electron chi connectivity index (χ2n) is 11.1. The van der Waals surface area contributed by atoms with E-state index in [1.165, 1.54) is 30.2 Å². The molecule has 10 heteroatoms. The van der Waals surface area contributed by atoms with E-state index in [0.29, 0.717) is 5.70 Å². The molecule has 8 nitrogen and oxygen atoms in total. The summed E-state index contributed by atoms with van der Waals surface area (Å²) >= 11 is 8.43. The summed E-state index contributed by atoms with van der Waals surface area (Å²) in [5.41, 5.74) is 8.87. The Morgan fingerprint density at radius 3 is 2.12 bits per heavy atom. The summed E-state index contributed by atoms with van der Waals surface area (Å²) in [6, 6.07) is 5.93. The van der Waals surface area contributed by atoms with E-state index in [2.05, 4.69) is 81.6 Å². The summed E-state index contributed by atoms with van der Waals surface area (Å²) < 4.78 is 0. The third kappa shape index (κ3) is 8.43. The van der Waals surface area contributed by atoms with E-state index in [4.69, 9.17) is 11.6 Å². The number of aryl methyl sites for hydroxylation is 2. The number of hydrogen-bond donors (Lipinski definition) is 1. The fourth-order valence-corrected chi connectivity index (χ4v) is 6.04. The van der Waals surface area contributed by atoms with E-state index in [1.807, 2.05) is 13.8 Å². The molecule has 0 fully saturated rings. The number of carbonyl (C=O) groups is 2. The molecule has 0 saturated heterocycles. The lowest BCUT2D eigenvalue weighted by Gasteiger charge is -2.44. The maximum atomic E-state index is 14.0. The van der Waals surface area contributed by atoms with Crippen LogP contribution in [0.5, 0.6) is 0 Å². The second kappa shape index (κ2) is 16.5. The number of hydrogen-bond acceptors (Lipinski definition) is 6. The molecule has 43 heavy (non-hydrogen) atoms. The molecule has 2 amide bonds. The molecule has 3 aromatic rings. The second-order valence-corrected chi connectivity index (χ2v) is 12.6. The normalized spacial score (nSPS) is 13.2. The Morgan fingerprint density at radius 2 is 1.63 bits per heavy atom. The minimum Gasteiger partial charge on any atom is -0.333 e. The van der Waals surface area contributed by atoms with Crippen molar-refractivity contribution < 1.29 is 9.59 Å². The highest BCUT2D eigenvalue weighted by molar-refractivity contribution is 7.19. The predicted octanol–water partition coefficient (Wildman–Crippen LogP) is 8.11. The lowest BCUT2D eigenvalue weighted by Crippen LogP contribution is -2.57. The summed E-state index contributed by atoms with van der Waals surface area (Å²) in [6.07, 6.45) is 4.06. The topological polar surface area (TPSA) is 97.4 Å². The number of alkyl halides is 1. The van der Waals surface area contributed by atoms with Crippen LogP contribution in [0.25, 0.3) is 10.7 Å². The Bertz CT molecular complexity index is 1380. The monoisotopic (exact) mass is 628 g/mol. The van der Waals surface area contributed by atoms with Gasteiger partial charge < -0.3 is 5.73 Å². The van der Waals surface area contributed by atoms with Crippen LogP contribution in [0, 0.1) is 19.8 Å². The van der Waals surface area contributed by atoms with Gasteiger partial charge in [0, 0.05) is 17.8 Å². The van der Waals surface area contributed by atoms with Crippen LogP contribution in [-0.2, 0) is 11.2 Å². The van der Waals surface area contributed by atoms with Crippen molar-refractivity contribution in [3.63, 3.8) is 0 Å². The fraction of sp³-hybridized carbons (Fsp3) is 0.455. The molecule has 1 aliphatic rings. The summed E-state index contributed by atoms with van der Waals surface area (Å²) in [5, 5.41) is 9.65. The average molecular weight is 629 g/mol. The number of Topliss-reactive ketones (excluding diaryl/α,β-unsaturated/α-hetero) is 1. The van der Waals surface area contributed by atoms with Gasteiger partial charge in [-0.3, -0.25) is 14.6 Å². The third-order valence-electron chi connectivity index (χ3n) is 6.71. The molecule has 236 valence electrons. The fourth-order valence-electron chi connectivity index (χ4n) is 4.44. The van der Waals surface area contributed by atoms with E-state index in [-0.39, 0.29) is 18.4 Å². The molecule has 0 unspecified atom stereocenters. The van der Waals surface area contributed by atoms with Crippen LogP contribution in [0.4, 0.5) is 9.80 Å². The summed E-state index contributed by atoms with van der Waals surface area (Å²) in [4.78, 5) is 31.3. The highest BCUT2D eigenvalue weighted by Crippen LogP contribution is 2.48. The third-order valence-corrected chi connectivity index (χ3v) is 8.37. The van der Waals surface area contributed by atoms with E-state index < -0.39 is 10.9 Å². The average Bonchev–Trinajstić information content (AvgIpc) is 3.61. The molecule has 1 aromatic carbocycles. The number of benzene rings is 1. The van der Waals surface area contributed by atoms with Crippen molar-refractivity contribution in [2.75, 3.05) is 18.5 Å². The minimum atomic E-state index is -1.08. The first-order valence-corrected chi connectivity index (χ1v) is 15.6. The van der Waals surface area contributed by atoms with Gasteiger partial charge in [0.25, 0.3) is 0 Å². The Kier molecular flexibility index (Phi) is 14.5. The van der Waals surface area contributed by atoms with Crippen molar-refractivity contribution in [3.8, 4) is 5.00 Å². The SMILES string of the molecule is C=C.C=C1c2c(sc(-n3nccn3)c2C)N(C[C@H](Cl)c2cc(C)ccc2CC)C(=O)N1C(C)(C)C(C)=O.CC(C)C.CN. The number of nitrogens with zero attached hydrogens (tertiary/aromatic N) is 5. The molecule has 1 atom stereocenters. The number of anilines is 1. The number of amides is 2. The Hall–Kier alpha value is -3.27. The predicted molar refractivity (Wildman–Crippen MR) is 183 cm³/mol. The van der Waals surface area contributed by atoms with Crippen LogP contribution in [0.3, 0.4) is 0 Å². The van der Waals surface area contributed by atoms with Crippen LogP contribution >= 0.6 is 22.9 Å². The quantitative estimate of drug-likeness (QED) is 0.211. The molecule has 0 radical (unpaired) electrons. The van der Waals surface area contributed by atoms with E-state index in [9.17, 15) is 9.59 Å². The van der Waals surface area contributed by atoms with E-state index >= 15 is 0 Å². The van der Waals surface area contributed by atoms with Gasteiger partial charge in [0.15, 0.2) is 5.78 Å². The smallest absolute Gasteiger partial charge is 0.330 e. The maximum Gasteiger partial charge on any atom is 0.330 e. The Labute approximate surface area is 267 Å². The van der Waals surface area contributed by atoms with Gasteiger partial charge in [-0.1, -0.05) is 69.4 Å². The first kappa shape index (κ1) is 37.8. The number of carbonyl (C=O) groups excluding carboxylic acids is 2. The molecule has 0 saturated carbocycles. The van der Waals surface area contributed by atoms with Gasteiger partial charge in [0.2, 0.25) is 0 Å². The summed E-state index contributed by atoms with van der Waals surface area (Å²) in [6.45, 7) is 28.1. The molecule has 1 aliphatic heterocycles. The number of halogens is 1. The van der Waals surface area contributed by atoms with Crippen molar-refractivity contribution in [2.24, 2.45) is 11.7 Å². The summed E-state index contributed by atoms with van der Waals surface area (Å²) in [5.74, 6) is 0.701. The first-order valence-electron chi connectivity index (χ1n) is 14.4. The zero-order valence-electron chi connectivity index (χ0n) is 27.5. The Balaban J connectivity index is 0.00000105. The number of ketones is 1. The zero-order valence-corrected chi connectivity index (χ0v) is 29.1. The van der Waals surface area contributed by atoms with Gasteiger partial charge in [0.05, 0.1) is 17.8 Å². The Morgan fingerprint density at radius 1 is 1.09 bits per heavy atom.